The first-order valence-electron chi connectivity index (χ1n) is 7.21. The molecule has 1 saturated heterocycles. The summed E-state index contributed by atoms with van der Waals surface area (Å²) >= 11 is 5.91. The molecule has 1 aliphatic heterocycles. The number of para-hydroxylation sites is 1. The second-order valence-electron chi connectivity index (χ2n) is 5.40. The average Bonchev–Trinajstić information content (AvgIpc) is 2.90. The van der Waals surface area contributed by atoms with Crippen LogP contribution in [0.15, 0.2) is 54.6 Å². The summed E-state index contributed by atoms with van der Waals surface area (Å²) in [7, 11) is 0. The van der Waals surface area contributed by atoms with Crippen molar-refractivity contribution >= 4 is 23.3 Å². The summed E-state index contributed by atoms with van der Waals surface area (Å²) in [6.07, 6.45) is -0.985. The van der Waals surface area contributed by atoms with Crippen LogP contribution in [0.3, 0.4) is 0 Å². The van der Waals surface area contributed by atoms with Crippen LogP contribution in [0.25, 0.3) is 0 Å². The largest absolute Gasteiger partial charge is 0.463 e. The van der Waals surface area contributed by atoms with Crippen LogP contribution in [-0.4, -0.2) is 29.0 Å². The molecule has 3 atom stereocenters. The molecule has 120 valence electrons. The quantitative estimate of drug-likeness (QED) is 0.665. The summed E-state index contributed by atoms with van der Waals surface area (Å²) in [6.45, 7) is -0.0732. The number of ether oxygens (including phenoxy) is 1. The highest BCUT2D eigenvalue weighted by Crippen LogP contribution is 2.37. The Labute approximate surface area is 138 Å². The van der Waals surface area contributed by atoms with Crippen molar-refractivity contribution in [1.82, 2.24) is 0 Å². The van der Waals surface area contributed by atoms with Crippen molar-refractivity contribution in [2.75, 3.05) is 11.7 Å². The lowest BCUT2D eigenvalue weighted by Crippen LogP contribution is -2.38. The first kappa shape index (κ1) is 15.8. The molecule has 0 aliphatic carbocycles. The van der Waals surface area contributed by atoms with E-state index in [1.54, 1.807) is 48.5 Å². The Kier molecular flexibility index (Phi) is 4.52. The number of nitrogens with zero attached hydrogens (tertiary/aromatic N) is 1. The number of aliphatic hydroxyl groups is 1. The third kappa shape index (κ3) is 3.17. The van der Waals surface area contributed by atoms with Crippen LogP contribution in [0.2, 0.25) is 5.02 Å². The summed E-state index contributed by atoms with van der Waals surface area (Å²) in [5.41, 5.74) is 1.17. The summed E-state index contributed by atoms with van der Waals surface area (Å²) in [5.74, 6) is -1.42. The highest BCUT2D eigenvalue weighted by Gasteiger charge is 2.45. The highest BCUT2D eigenvalue weighted by molar-refractivity contribution is 6.30. The van der Waals surface area contributed by atoms with Crippen molar-refractivity contribution in [3.05, 3.63) is 65.2 Å². The summed E-state index contributed by atoms with van der Waals surface area (Å²) < 4.78 is 4.94. The molecule has 0 bridgehead atoms. The van der Waals surface area contributed by atoms with Crippen molar-refractivity contribution in [3.63, 3.8) is 0 Å². The Morgan fingerprint density at radius 1 is 1.13 bits per heavy atom. The fraction of sp³-hybridized carbons (Fsp3) is 0.235. The number of carbonyl (C=O) groups is 1. The molecule has 5 nitrogen and oxygen atoms in total. The van der Waals surface area contributed by atoms with Gasteiger partial charge in [-0.05, 0) is 29.8 Å². The number of esters is 1. The predicted octanol–water partition coefficient (Wildman–Crippen LogP) is 2.81. The fourth-order valence-corrected chi connectivity index (χ4v) is 2.89. The van der Waals surface area contributed by atoms with Gasteiger partial charge in [-0.3, -0.25) is 10.0 Å². The normalized spacial score (nSPS) is 21.8. The zero-order valence-corrected chi connectivity index (χ0v) is 12.9. The van der Waals surface area contributed by atoms with Gasteiger partial charge in [0.1, 0.15) is 18.6 Å². The number of aliphatic hydroxyl groups excluding tert-OH is 1. The third-order valence-corrected chi connectivity index (χ3v) is 4.17. The number of anilines is 1. The molecule has 23 heavy (non-hydrogen) atoms. The minimum absolute atomic E-state index is 0.0732. The Balaban J connectivity index is 2.02. The van der Waals surface area contributed by atoms with Crippen LogP contribution in [0, 0.1) is 5.92 Å². The molecule has 2 aromatic carbocycles. The lowest BCUT2D eigenvalue weighted by molar-refractivity contribution is -0.142. The summed E-state index contributed by atoms with van der Waals surface area (Å²) in [4.78, 5) is 12.1. The van der Waals surface area contributed by atoms with Crippen molar-refractivity contribution < 1.29 is 19.8 Å². The van der Waals surface area contributed by atoms with Crippen LogP contribution in [0.4, 0.5) is 5.69 Å². The molecule has 1 fully saturated rings. The molecule has 3 rings (SSSR count). The van der Waals surface area contributed by atoms with Gasteiger partial charge < -0.3 is 9.84 Å². The lowest BCUT2D eigenvalue weighted by atomic mass is 9.89. The van der Waals surface area contributed by atoms with Crippen molar-refractivity contribution in [2.24, 2.45) is 5.92 Å². The van der Waals surface area contributed by atoms with E-state index in [9.17, 15) is 15.1 Å². The lowest BCUT2D eigenvalue weighted by Gasteiger charge is -2.32. The molecule has 0 spiro atoms. The molecule has 2 aromatic rings. The molecule has 1 heterocycles. The van der Waals surface area contributed by atoms with Crippen molar-refractivity contribution in [2.45, 2.75) is 12.1 Å². The van der Waals surface area contributed by atoms with Crippen molar-refractivity contribution in [3.8, 4) is 0 Å². The van der Waals surface area contributed by atoms with Gasteiger partial charge in [0.25, 0.3) is 0 Å². The van der Waals surface area contributed by atoms with Gasteiger partial charge in [0, 0.05) is 5.02 Å². The first-order valence-corrected chi connectivity index (χ1v) is 7.59. The zero-order chi connectivity index (χ0) is 16.4. The molecule has 0 amide bonds. The molecule has 0 saturated carbocycles. The van der Waals surface area contributed by atoms with Crippen LogP contribution in [0.5, 0.6) is 0 Å². The number of hydrogen-bond donors (Lipinski definition) is 2. The SMILES string of the molecule is O=C1OC[C@H](O)[C@H]1[C@H](c1ccc(Cl)cc1)N(O)c1ccccc1. The van der Waals surface area contributed by atoms with E-state index in [0.717, 1.165) is 5.06 Å². The van der Waals surface area contributed by atoms with E-state index >= 15 is 0 Å². The van der Waals surface area contributed by atoms with Gasteiger partial charge >= 0.3 is 5.97 Å². The second-order valence-corrected chi connectivity index (χ2v) is 5.84. The smallest absolute Gasteiger partial charge is 0.314 e. The molecule has 6 heteroatoms. The van der Waals surface area contributed by atoms with Crippen molar-refractivity contribution in [1.29, 1.82) is 0 Å². The standard InChI is InChI=1S/C17H16ClNO4/c18-12-8-6-11(7-9-12)16(15-14(20)10-23-17(15)21)19(22)13-4-2-1-3-5-13/h1-9,14-16,20,22H,10H2/t14-,15-,16-/m0/s1. The van der Waals surface area contributed by atoms with Gasteiger partial charge in [0.2, 0.25) is 0 Å². The number of hydroxylamine groups is 1. The van der Waals surface area contributed by atoms with E-state index in [4.69, 9.17) is 16.3 Å². The summed E-state index contributed by atoms with van der Waals surface area (Å²) in [5, 5.41) is 22.3. The minimum Gasteiger partial charge on any atom is -0.463 e. The summed E-state index contributed by atoms with van der Waals surface area (Å²) in [6, 6.07) is 14.8. The van der Waals surface area contributed by atoms with E-state index in [0.29, 0.717) is 16.3 Å². The van der Waals surface area contributed by atoms with E-state index in [1.807, 2.05) is 6.07 Å². The van der Waals surface area contributed by atoms with Gasteiger partial charge in [-0.25, -0.2) is 5.06 Å². The van der Waals surface area contributed by atoms with Gasteiger partial charge in [-0.2, -0.15) is 0 Å². The van der Waals surface area contributed by atoms with Gasteiger partial charge in [-0.1, -0.05) is 41.9 Å². The highest BCUT2D eigenvalue weighted by atomic mass is 35.5. The maximum absolute atomic E-state index is 12.1. The topological polar surface area (TPSA) is 70.0 Å². The fourth-order valence-electron chi connectivity index (χ4n) is 2.77. The minimum atomic E-state index is -0.985. The molecule has 0 unspecified atom stereocenters. The Morgan fingerprint density at radius 2 is 1.78 bits per heavy atom. The maximum atomic E-state index is 12.1. The van der Waals surface area contributed by atoms with Crippen LogP contribution >= 0.6 is 11.6 Å². The number of hydrogen-bond acceptors (Lipinski definition) is 5. The molecular weight excluding hydrogens is 318 g/mol. The van der Waals surface area contributed by atoms with Crippen LogP contribution in [0.1, 0.15) is 11.6 Å². The van der Waals surface area contributed by atoms with Gasteiger partial charge in [0.05, 0.1) is 11.7 Å². The van der Waals surface area contributed by atoms with E-state index in [-0.39, 0.29) is 6.61 Å². The number of cyclic esters (lactones) is 1. The number of benzene rings is 2. The maximum Gasteiger partial charge on any atom is 0.314 e. The second kappa shape index (κ2) is 6.58. The molecular formula is C17H16ClNO4. The van der Waals surface area contributed by atoms with E-state index < -0.39 is 24.0 Å². The first-order chi connectivity index (χ1) is 11.1. The number of carbonyl (C=O) groups excluding carboxylic acids is 1. The van der Waals surface area contributed by atoms with E-state index in [2.05, 4.69) is 0 Å². The van der Waals surface area contributed by atoms with Crippen LogP contribution < -0.4 is 5.06 Å². The predicted molar refractivity (Wildman–Crippen MR) is 85.4 cm³/mol. The average molecular weight is 334 g/mol. The molecule has 2 N–H and O–H groups in total. The Bertz CT molecular complexity index is 677. The molecule has 0 radical (unpaired) electrons. The van der Waals surface area contributed by atoms with Gasteiger partial charge in [0.15, 0.2) is 0 Å². The number of rotatable bonds is 4. The Hall–Kier alpha value is -2.08. The van der Waals surface area contributed by atoms with E-state index in [1.165, 1.54) is 0 Å². The zero-order valence-electron chi connectivity index (χ0n) is 12.2. The third-order valence-electron chi connectivity index (χ3n) is 3.92. The molecule has 0 aromatic heterocycles. The number of halogens is 1. The molecule has 1 aliphatic rings. The van der Waals surface area contributed by atoms with Gasteiger partial charge in [-0.15, -0.1) is 0 Å². The monoisotopic (exact) mass is 333 g/mol. The Morgan fingerprint density at radius 3 is 2.35 bits per heavy atom. The van der Waals surface area contributed by atoms with Crippen LogP contribution in [-0.2, 0) is 9.53 Å².